The van der Waals surface area contributed by atoms with E-state index in [1.165, 1.54) is 16.7 Å². The van der Waals surface area contributed by atoms with Crippen LogP contribution in [0.4, 0.5) is 11.4 Å². The summed E-state index contributed by atoms with van der Waals surface area (Å²) >= 11 is 6.70. The van der Waals surface area contributed by atoms with Crippen molar-refractivity contribution in [2.75, 3.05) is 23.4 Å². The first-order valence-electron chi connectivity index (χ1n) is 11.5. The van der Waals surface area contributed by atoms with Gasteiger partial charge < -0.3 is 14.8 Å². The number of hydrogen-bond donors (Lipinski definition) is 1. The number of carbonyl (C=O) groups excluding carboxylic acids is 2. The predicted octanol–water partition coefficient (Wildman–Crippen LogP) is 6.13. The van der Waals surface area contributed by atoms with Gasteiger partial charge in [0.15, 0.2) is 22.4 Å². The van der Waals surface area contributed by atoms with E-state index in [1.54, 1.807) is 18.2 Å². The number of thiocarbonyl (C=S) groups is 1. The molecule has 0 aromatic heterocycles. The molecule has 8 heteroatoms. The lowest BCUT2D eigenvalue weighted by molar-refractivity contribution is -0.118. The molecule has 3 aromatic carbocycles. The average molecular weight is 519 g/mol. The Bertz CT molecular complexity index is 1340. The smallest absolute Gasteiger partial charge is 0.270 e. The number of nitrogens with one attached hydrogen (secondary N) is 1. The van der Waals surface area contributed by atoms with Crippen molar-refractivity contribution in [2.24, 2.45) is 0 Å². The van der Waals surface area contributed by atoms with Crippen LogP contribution in [-0.4, -0.2) is 29.3 Å². The summed E-state index contributed by atoms with van der Waals surface area (Å²) in [5.74, 6) is 0.501. The lowest BCUT2D eigenvalue weighted by Gasteiger charge is -2.14. The molecule has 1 heterocycles. The van der Waals surface area contributed by atoms with Gasteiger partial charge in [-0.1, -0.05) is 65.9 Å². The summed E-state index contributed by atoms with van der Waals surface area (Å²) in [7, 11) is 0. The van der Waals surface area contributed by atoms with Gasteiger partial charge in [0.25, 0.3) is 11.8 Å². The highest BCUT2D eigenvalue weighted by Gasteiger charge is 2.33. The molecular weight excluding hydrogens is 492 g/mol. The van der Waals surface area contributed by atoms with Crippen LogP contribution in [0.5, 0.6) is 11.5 Å². The van der Waals surface area contributed by atoms with E-state index < -0.39 is 0 Å². The highest BCUT2D eigenvalue weighted by atomic mass is 32.2. The van der Waals surface area contributed by atoms with Crippen LogP contribution in [0.3, 0.4) is 0 Å². The molecule has 6 nitrogen and oxygen atoms in total. The summed E-state index contributed by atoms with van der Waals surface area (Å²) in [6.07, 6.45) is 1.78. The quantitative estimate of drug-likeness (QED) is 0.286. The molecule has 0 spiro atoms. The van der Waals surface area contributed by atoms with Crippen LogP contribution in [-0.2, 0) is 9.59 Å². The van der Waals surface area contributed by atoms with Crippen molar-refractivity contribution < 1.29 is 19.1 Å². The minimum absolute atomic E-state index is 0.164. The topological polar surface area (TPSA) is 67.9 Å². The maximum absolute atomic E-state index is 13.0. The maximum Gasteiger partial charge on any atom is 0.270 e. The number of aryl methyl sites for hydroxylation is 2. The number of nitrogens with zero attached hydrogens (tertiary/aromatic N) is 1. The number of ether oxygens (including phenoxy) is 2. The molecule has 0 bridgehead atoms. The molecule has 184 valence electrons. The van der Waals surface area contributed by atoms with E-state index in [9.17, 15) is 9.59 Å². The van der Waals surface area contributed by atoms with Gasteiger partial charge in [-0.05, 0) is 68.3 Å². The molecule has 4 rings (SSSR count). The number of carbonyl (C=O) groups is 2. The summed E-state index contributed by atoms with van der Waals surface area (Å²) < 4.78 is 12.0. The van der Waals surface area contributed by atoms with Crippen molar-refractivity contribution in [3.8, 4) is 11.5 Å². The zero-order valence-electron chi connectivity index (χ0n) is 20.2. The summed E-state index contributed by atoms with van der Waals surface area (Å²) in [6.45, 7) is 6.08. The molecular formula is C28H26N2O4S2. The van der Waals surface area contributed by atoms with Gasteiger partial charge in [0, 0.05) is 5.69 Å². The first-order valence-corrected chi connectivity index (χ1v) is 12.7. The number of benzene rings is 3. The number of rotatable bonds is 8. The Labute approximate surface area is 220 Å². The Hall–Kier alpha value is -3.62. The summed E-state index contributed by atoms with van der Waals surface area (Å²) in [6, 6.07) is 20.5. The van der Waals surface area contributed by atoms with Crippen molar-refractivity contribution in [1.82, 2.24) is 0 Å². The second-order valence-electron chi connectivity index (χ2n) is 8.15. The van der Waals surface area contributed by atoms with E-state index in [4.69, 9.17) is 21.7 Å². The number of anilines is 2. The SMILES string of the molecule is CCOc1cc(/C=C2\SC(=S)N(c3ccccc3)C2=O)ccc1OCC(=O)Nc1ccc(C)cc1C. The molecule has 0 atom stereocenters. The standard InChI is InChI=1S/C28H26N2O4S2/c1-4-33-24-15-20(16-25-27(32)30(28(35)36-25)21-8-6-5-7-9-21)11-13-23(24)34-17-26(31)29-22-12-10-18(2)14-19(22)3/h5-16H,4,17H2,1-3H3,(H,29,31)/b25-16-. The molecule has 36 heavy (non-hydrogen) atoms. The monoisotopic (exact) mass is 518 g/mol. The van der Waals surface area contributed by atoms with E-state index in [0.29, 0.717) is 27.3 Å². The predicted molar refractivity (Wildman–Crippen MR) is 150 cm³/mol. The lowest BCUT2D eigenvalue weighted by atomic mass is 10.1. The third kappa shape index (κ3) is 5.95. The fourth-order valence-corrected chi connectivity index (χ4v) is 5.00. The second-order valence-corrected chi connectivity index (χ2v) is 9.82. The number of para-hydroxylation sites is 1. The largest absolute Gasteiger partial charge is 0.490 e. The highest BCUT2D eigenvalue weighted by molar-refractivity contribution is 8.27. The second kappa shape index (κ2) is 11.4. The normalized spacial score (nSPS) is 14.3. The molecule has 1 saturated heterocycles. The third-order valence-electron chi connectivity index (χ3n) is 5.39. The highest BCUT2D eigenvalue weighted by Crippen LogP contribution is 2.37. The Morgan fingerprint density at radius 3 is 2.53 bits per heavy atom. The van der Waals surface area contributed by atoms with Gasteiger partial charge in [-0.2, -0.15) is 0 Å². The van der Waals surface area contributed by atoms with E-state index >= 15 is 0 Å². The minimum Gasteiger partial charge on any atom is -0.490 e. The number of thioether (sulfide) groups is 1. The summed E-state index contributed by atoms with van der Waals surface area (Å²) in [4.78, 5) is 27.5. The molecule has 1 fully saturated rings. The number of hydrogen-bond acceptors (Lipinski definition) is 6. The fraction of sp³-hybridized carbons (Fsp3) is 0.179. The van der Waals surface area contributed by atoms with Crippen LogP contribution in [0.2, 0.25) is 0 Å². The molecule has 0 aliphatic carbocycles. The Morgan fingerprint density at radius 1 is 1.03 bits per heavy atom. The zero-order chi connectivity index (χ0) is 25.7. The molecule has 1 aliphatic heterocycles. The van der Waals surface area contributed by atoms with Crippen molar-refractivity contribution >= 4 is 57.6 Å². The Balaban J connectivity index is 1.47. The van der Waals surface area contributed by atoms with Crippen LogP contribution in [0.1, 0.15) is 23.6 Å². The van der Waals surface area contributed by atoms with Crippen LogP contribution < -0.4 is 19.7 Å². The summed E-state index contributed by atoms with van der Waals surface area (Å²) in [5, 5.41) is 2.87. The molecule has 3 aromatic rings. The molecule has 1 aliphatic rings. The molecule has 2 amide bonds. The van der Waals surface area contributed by atoms with Crippen molar-refractivity contribution in [1.29, 1.82) is 0 Å². The van der Waals surface area contributed by atoms with E-state index in [2.05, 4.69) is 5.32 Å². The van der Waals surface area contributed by atoms with Crippen molar-refractivity contribution in [3.05, 3.63) is 88.3 Å². The van der Waals surface area contributed by atoms with E-state index in [0.717, 1.165) is 28.1 Å². The fourth-order valence-electron chi connectivity index (χ4n) is 3.70. The molecule has 0 radical (unpaired) electrons. The number of amides is 2. The van der Waals surface area contributed by atoms with Crippen LogP contribution >= 0.6 is 24.0 Å². The van der Waals surface area contributed by atoms with Crippen LogP contribution in [0, 0.1) is 13.8 Å². The van der Waals surface area contributed by atoms with Crippen molar-refractivity contribution in [3.63, 3.8) is 0 Å². The summed E-state index contributed by atoms with van der Waals surface area (Å²) in [5.41, 5.74) is 4.37. The van der Waals surface area contributed by atoms with Gasteiger partial charge in [0.2, 0.25) is 0 Å². The average Bonchev–Trinajstić information content (AvgIpc) is 3.13. The minimum atomic E-state index is -0.266. The van der Waals surface area contributed by atoms with Crippen LogP contribution in [0.25, 0.3) is 6.08 Å². The van der Waals surface area contributed by atoms with Gasteiger partial charge in [0.05, 0.1) is 17.2 Å². The first-order chi connectivity index (χ1) is 17.4. The van der Waals surface area contributed by atoms with Crippen molar-refractivity contribution in [2.45, 2.75) is 20.8 Å². The van der Waals surface area contributed by atoms with Gasteiger partial charge in [-0.15, -0.1) is 0 Å². The van der Waals surface area contributed by atoms with Gasteiger partial charge in [-0.25, -0.2) is 0 Å². The van der Waals surface area contributed by atoms with E-state index in [1.807, 2.05) is 75.4 Å². The maximum atomic E-state index is 13.0. The third-order valence-corrected chi connectivity index (χ3v) is 6.69. The Kier molecular flexibility index (Phi) is 8.07. The zero-order valence-corrected chi connectivity index (χ0v) is 21.9. The molecule has 1 N–H and O–H groups in total. The van der Waals surface area contributed by atoms with E-state index in [-0.39, 0.29) is 18.4 Å². The van der Waals surface area contributed by atoms with Gasteiger partial charge >= 0.3 is 0 Å². The van der Waals surface area contributed by atoms with Gasteiger partial charge in [-0.3, -0.25) is 14.5 Å². The lowest BCUT2D eigenvalue weighted by Crippen LogP contribution is -2.27. The molecule has 0 saturated carbocycles. The van der Waals surface area contributed by atoms with Crippen LogP contribution in [0.15, 0.2) is 71.6 Å². The Morgan fingerprint density at radius 2 is 1.81 bits per heavy atom. The molecule has 0 unspecified atom stereocenters. The van der Waals surface area contributed by atoms with Gasteiger partial charge in [0.1, 0.15) is 0 Å². The first kappa shape index (κ1) is 25.5.